The van der Waals surface area contributed by atoms with Crippen molar-refractivity contribution in [2.24, 2.45) is 22.4 Å². The Bertz CT molecular complexity index is 187. The summed E-state index contributed by atoms with van der Waals surface area (Å²) in [5, 5.41) is 0. The van der Waals surface area contributed by atoms with E-state index in [4.69, 9.17) is 11.6 Å². The van der Waals surface area contributed by atoms with Crippen LogP contribution in [-0.2, 0) is 4.79 Å². The Morgan fingerprint density at radius 3 is 2.08 bits per heavy atom. The fraction of sp³-hybridized carbons (Fsp3) is 0.889. The molecule has 0 aromatic carbocycles. The summed E-state index contributed by atoms with van der Waals surface area (Å²) in [6.07, 6.45) is 0.722. The molecule has 0 aliphatic heterocycles. The minimum Gasteiger partial charge on any atom is -0.369 e. The summed E-state index contributed by atoms with van der Waals surface area (Å²) < 4.78 is 0. The zero-order valence-corrected chi connectivity index (χ0v) is 8.98. The van der Waals surface area contributed by atoms with Crippen molar-refractivity contribution >= 4 is 5.91 Å². The first-order chi connectivity index (χ1) is 5.71. The Balaban J connectivity index is 4.33. The van der Waals surface area contributed by atoms with Crippen LogP contribution >= 0.6 is 0 Å². The summed E-state index contributed by atoms with van der Waals surface area (Å²) in [7, 11) is 0. The average Bonchev–Trinajstić information content (AvgIpc) is 1.83. The Labute approximate surface area is 80.0 Å². The maximum atomic E-state index is 11.1. The molecule has 0 saturated heterocycles. The number of hydrogen-bond donors (Lipinski definition) is 3. The molecule has 0 rings (SSSR count). The van der Waals surface area contributed by atoms with Crippen LogP contribution in [0.4, 0.5) is 0 Å². The van der Waals surface area contributed by atoms with Crippen LogP contribution in [0.15, 0.2) is 0 Å². The van der Waals surface area contributed by atoms with Gasteiger partial charge in [-0.3, -0.25) is 16.1 Å². The van der Waals surface area contributed by atoms with E-state index in [2.05, 4.69) is 19.3 Å². The van der Waals surface area contributed by atoms with Gasteiger partial charge in [-0.1, -0.05) is 27.7 Å². The lowest BCUT2D eigenvalue weighted by atomic mass is 9.75. The van der Waals surface area contributed by atoms with E-state index in [1.807, 2.05) is 13.8 Å². The highest BCUT2D eigenvalue weighted by Crippen LogP contribution is 2.32. The number of hydrogen-bond acceptors (Lipinski definition) is 3. The third-order valence-electron chi connectivity index (χ3n) is 2.17. The first-order valence-corrected chi connectivity index (χ1v) is 4.45. The van der Waals surface area contributed by atoms with Gasteiger partial charge < -0.3 is 5.73 Å². The fourth-order valence-corrected chi connectivity index (χ4v) is 1.62. The smallest absolute Gasteiger partial charge is 0.223 e. The molecule has 0 aliphatic rings. The van der Waals surface area contributed by atoms with Gasteiger partial charge in [0.1, 0.15) is 0 Å². The van der Waals surface area contributed by atoms with Gasteiger partial charge in [0.05, 0.1) is 0 Å². The SMILES string of the molecule is CC(C)(CNN)CC(C)(C)C(N)=O. The van der Waals surface area contributed by atoms with E-state index < -0.39 is 5.41 Å². The minimum absolute atomic E-state index is 0.0206. The van der Waals surface area contributed by atoms with Gasteiger partial charge >= 0.3 is 0 Å². The zero-order chi connectivity index (χ0) is 10.7. The van der Waals surface area contributed by atoms with E-state index in [-0.39, 0.29) is 11.3 Å². The van der Waals surface area contributed by atoms with Crippen molar-refractivity contribution in [3.8, 4) is 0 Å². The highest BCUT2D eigenvalue weighted by Gasteiger charge is 2.32. The van der Waals surface area contributed by atoms with E-state index in [1.165, 1.54) is 0 Å². The Morgan fingerprint density at radius 1 is 1.31 bits per heavy atom. The largest absolute Gasteiger partial charge is 0.369 e. The summed E-state index contributed by atoms with van der Waals surface area (Å²) >= 11 is 0. The van der Waals surface area contributed by atoms with Gasteiger partial charge in [-0.25, -0.2) is 0 Å². The summed E-state index contributed by atoms with van der Waals surface area (Å²) in [6.45, 7) is 8.49. The Hall–Kier alpha value is -0.610. The molecule has 0 bridgehead atoms. The molecule has 1 amide bonds. The van der Waals surface area contributed by atoms with E-state index >= 15 is 0 Å². The van der Waals surface area contributed by atoms with Crippen LogP contribution in [0.5, 0.6) is 0 Å². The molecular weight excluding hydrogens is 166 g/mol. The first kappa shape index (κ1) is 12.4. The molecule has 0 aromatic rings. The number of carbonyl (C=O) groups is 1. The molecule has 0 spiro atoms. The van der Waals surface area contributed by atoms with Crippen LogP contribution in [0.25, 0.3) is 0 Å². The monoisotopic (exact) mass is 187 g/mol. The van der Waals surface area contributed by atoms with Gasteiger partial charge in [0.15, 0.2) is 0 Å². The van der Waals surface area contributed by atoms with Gasteiger partial charge in [0.25, 0.3) is 0 Å². The van der Waals surface area contributed by atoms with Crippen molar-refractivity contribution in [1.29, 1.82) is 0 Å². The molecular formula is C9H21N3O. The standard InChI is InChI=1S/C9H21N3O/c1-8(2,6-12-11)5-9(3,4)7(10)13/h12H,5-6,11H2,1-4H3,(H2,10,13). The molecule has 13 heavy (non-hydrogen) atoms. The quantitative estimate of drug-likeness (QED) is 0.430. The highest BCUT2D eigenvalue weighted by atomic mass is 16.1. The van der Waals surface area contributed by atoms with Gasteiger partial charge in [0.2, 0.25) is 5.91 Å². The summed E-state index contributed by atoms with van der Waals surface area (Å²) in [4.78, 5) is 11.1. The molecule has 4 nitrogen and oxygen atoms in total. The average molecular weight is 187 g/mol. The van der Waals surface area contributed by atoms with Gasteiger partial charge in [-0.15, -0.1) is 0 Å². The van der Waals surface area contributed by atoms with E-state index in [1.54, 1.807) is 0 Å². The van der Waals surface area contributed by atoms with Crippen LogP contribution in [0.1, 0.15) is 34.1 Å². The van der Waals surface area contributed by atoms with Crippen molar-refractivity contribution < 1.29 is 4.79 Å². The van der Waals surface area contributed by atoms with Crippen LogP contribution < -0.4 is 17.0 Å². The van der Waals surface area contributed by atoms with Crippen LogP contribution in [0.3, 0.4) is 0 Å². The number of rotatable bonds is 5. The van der Waals surface area contributed by atoms with Crippen molar-refractivity contribution in [1.82, 2.24) is 5.43 Å². The number of nitrogens with one attached hydrogen (secondary N) is 1. The van der Waals surface area contributed by atoms with E-state index in [0.29, 0.717) is 6.54 Å². The number of nitrogens with two attached hydrogens (primary N) is 2. The maximum Gasteiger partial charge on any atom is 0.223 e. The lowest BCUT2D eigenvalue weighted by molar-refractivity contribution is -0.127. The zero-order valence-electron chi connectivity index (χ0n) is 8.98. The molecule has 0 aromatic heterocycles. The molecule has 0 aliphatic carbocycles. The highest BCUT2D eigenvalue weighted by molar-refractivity contribution is 5.79. The van der Waals surface area contributed by atoms with Crippen molar-refractivity contribution in [3.63, 3.8) is 0 Å². The minimum atomic E-state index is -0.472. The molecule has 0 atom stereocenters. The second-order valence-electron chi connectivity index (χ2n) is 4.97. The molecule has 0 unspecified atom stereocenters. The van der Waals surface area contributed by atoms with Gasteiger partial charge in [0, 0.05) is 12.0 Å². The normalized spacial score (nSPS) is 13.0. The third-order valence-corrected chi connectivity index (χ3v) is 2.17. The van der Waals surface area contributed by atoms with E-state index in [9.17, 15) is 4.79 Å². The molecule has 0 radical (unpaired) electrons. The lowest BCUT2D eigenvalue weighted by Crippen LogP contribution is -2.41. The summed E-state index contributed by atoms with van der Waals surface area (Å²) in [6, 6.07) is 0. The number of primary amides is 1. The van der Waals surface area contributed by atoms with E-state index in [0.717, 1.165) is 6.42 Å². The number of carbonyl (C=O) groups excluding carboxylic acids is 1. The summed E-state index contributed by atoms with van der Waals surface area (Å²) in [5.74, 6) is 4.98. The van der Waals surface area contributed by atoms with Crippen molar-refractivity contribution in [3.05, 3.63) is 0 Å². The van der Waals surface area contributed by atoms with Crippen LogP contribution in [0, 0.1) is 10.8 Å². The second-order valence-corrected chi connectivity index (χ2v) is 4.97. The lowest BCUT2D eigenvalue weighted by Gasteiger charge is -2.32. The fourth-order valence-electron chi connectivity index (χ4n) is 1.62. The molecule has 4 heteroatoms. The van der Waals surface area contributed by atoms with Crippen LogP contribution in [-0.4, -0.2) is 12.5 Å². The number of hydrazine groups is 1. The molecule has 5 N–H and O–H groups in total. The molecule has 0 saturated carbocycles. The predicted octanol–water partition coefficient (Wildman–Crippen LogP) is 0.378. The second kappa shape index (κ2) is 4.07. The van der Waals surface area contributed by atoms with Crippen molar-refractivity contribution in [2.45, 2.75) is 34.1 Å². The topological polar surface area (TPSA) is 81.1 Å². The van der Waals surface area contributed by atoms with Gasteiger partial charge in [-0.05, 0) is 11.8 Å². The third kappa shape index (κ3) is 4.24. The molecule has 0 heterocycles. The number of amides is 1. The first-order valence-electron chi connectivity index (χ1n) is 4.45. The van der Waals surface area contributed by atoms with Crippen molar-refractivity contribution in [2.75, 3.05) is 6.54 Å². The Kier molecular flexibility index (Phi) is 3.88. The molecule has 0 fully saturated rings. The van der Waals surface area contributed by atoms with Gasteiger partial charge in [-0.2, -0.15) is 0 Å². The maximum absolute atomic E-state index is 11.1. The predicted molar refractivity (Wildman–Crippen MR) is 53.6 cm³/mol. The van der Waals surface area contributed by atoms with Crippen LogP contribution in [0.2, 0.25) is 0 Å². The summed E-state index contributed by atoms with van der Waals surface area (Å²) in [5.41, 5.74) is 7.41. The molecule has 78 valence electrons. The Morgan fingerprint density at radius 2 is 1.77 bits per heavy atom.